The third kappa shape index (κ3) is 2.68. The second-order valence-corrected chi connectivity index (χ2v) is 5.07. The number of benzene rings is 2. The van der Waals surface area contributed by atoms with Crippen LogP contribution in [-0.4, -0.2) is 10.1 Å². The number of nitrogens with two attached hydrogens (primary N) is 1. The molecule has 0 aliphatic heterocycles. The monoisotopic (exact) mass is 320 g/mol. The van der Waals surface area contributed by atoms with Crippen LogP contribution in [0.2, 0.25) is 0 Å². The first-order chi connectivity index (χ1) is 8.78. The van der Waals surface area contributed by atoms with Gasteiger partial charge in [-0.15, -0.1) is 11.3 Å². The zero-order valence-electron chi connectivity index (χ0n) is 10.3. The topological polar surface area (TPSA) is 59.1 Å². The molecule has 0 radical (unpaired) electrons. The summed E-state index contributed by atoms with van der Waals surface area (Å²) in [5, 5.41) is 10.8. The Morgan fingerprint density at radius 3 is 2.63 bits per heavy atom. The van der Waals surface area contributed by atoms with Gasteiger partial charge in [-0.05, 0) is 29.8 Å². The molecule has 3 nitrogen and oxygen atoms in total. The third-order valence-corrected chi connectivity index (χ3v) is 3.89. The van der Waals surface area contributed by atoms with E-state index in [9.17, 15) is 5.11 Å². The van der Waals surface area contributed by atoms with Crippen molar-refractivity contribution in [2.75, 3.05) is 0 Å². The maximum Gasteiger partial charge on any atom is 0.128 e. The van der Waals surface area contributed by atoms with Crippen molar-refractivity contribution in [2.24, 2.45) is 5.73 Å². The van der Waals surface area contributed by atoms with Crippen LogP contribution in [0.15, 0.2) is 42.5 Å². The number of hydrogen-bond donors (Lipinski definition) is 2. The molecule has 0 saturated carbocycles. The number of para-hydroxylation sites is 1. The van der Waals surface area contributed by atoms with Gasteiger partial charge in [-0.2, -0.15) is 0 Å². The molecule has 1 aromatic heterocycles. The molecule has 0 saturated heterocycles. The Morgan fingerprint density at radius 1 is 1.16 bits per heavy atom. The van der Waals surface area contributed by atoms with Gasteiger partial charge >= 0.3 is 0 Å². The van der Waals surface area contributed by atoms with Gasteiger partial charge in [0.1, 0.15) is 10.8 Å². The largest absolute Gasteiger partial charge is 0.507 e. The van der Waals surface area contributed by atoms with Gasteiger partial charge in [0.2, 0.25) is 0 Å². The van der Waals surface area contributed by atoms with Crippen LogP contribution >= 0.6 is 11.3 Å². The van der Waals surface area contributed by atoms with Crippen LogP contribution in [0.3, 0.4) is 0 Å². The van der Waals surface area contributed by atoms with E-state index in [0.717, 1.165) is 26.4 Å². The molecule has 1 heterocycles. The predicted molar refractivity (Wildman–Crippen MR) is 74.6 cm³/mol. The molecule has 0 bridgehead atoms. The van der Waals surface area contributed by atoms with Crippen molar-refractivity contribution in [1.29, 1.82) is 0 Å². The molecule has 19 heavy (non-hydrogen) atoms. The molecule has 0 atom stereocenters. The molecule has 0 aliphatic rings. The first-order valence-corrected chi connectivity index (χ1v) is 6.47. The van der Waals surface area contributed by atoms with Crippen LogP contribution in [0, 0.1) is 0 Å². The van der Waals surface area contributed by atoms with Crippen molar-refractivity contribution in [3.05, 3.63) is 48.0 Å². The summed E-state index contributed by atoms with van der Waals surface area (Å²) in [7, 11) is 0. The molecular formula is C14H12N2OSZn. The van der Waals surface area contributed by atoms with Crippen molar-refractivity contribution in [3.63, 3.8) is 0 Å². The van der Waals surface area contributed by atoms with Gasteiger partial charge in [-0.1, -0.05) is 18.2 Å². The predicted octanol–water partition coefficient (Wildman–Crippen LogP) is 3.13. The van der Waals surface area contributed by atoms with Crippen molar-refractivity contribution in [1.82, 2.24) is 4.98 Å². The number of aromatic nitrogens is 1. The SMILES string of the molecule is NCc1ccc(-c2nc3ccccc3s2)c(O)c1.[Zn]. The normalized spacial score (nSPS) is 10.4. The van der Waals surface area contributed by atoms with E-state index in [1.54, 1.807) is 17.4 Å². The third-order valence-electron chi connectivity index (χ3n) is 2.82. The van der Waals surface area contributed by atoms with E-state index in [-0.39, 0.29) is 25.2 Å². The summed E-state index contributed by atoms with van der Waals surface area (Å²) < 4.78 is 1.12. The summed E-state index contributed by atoms with van der Waals surface area (Å²) in [4.78, 5) is 4.53. The molecule has 0 fully saturated rings. The number of phenolic OH excluding ortho intramolecular Hbond substituents is 1. The quantitative estimate of drug-likeness (QED) is 0.713. The molecule has 0 aliphatic carbocycles. The standard InChI is InChI=1S/C14H12N2OS.Zn/c15-8-9-5-6-10(12(17)7-9)14-16-11-3-1-2-4-13(11)18-14;/h1-7,17H,8,15H2;. The summed E-state index contributed by atoms with van der Waals surface area (Å²) in [5.41, 5.74) is 8.17. The van der Waals surface area contributed by atoms with Crippen LogP contribution in [0.5, 0.6) is 5.75 Å². The van der Waals surface area contributed by atoms with Crippen molar-refractivity contribution < 1.29 is 24.6 Å². The fraction of sp³-hybridized carbons (Fsp3) is 0.0714. The average Bonchev–Trinajstić information content (AvgIpc) is 2.81. The fourth-order valence-corrected chi connectivity index (χ4v) is 2.87. The number of rotatable bonds is 2. The molecule has 92 valence electrons. The molecule has 0 spiro atoms. The van der Waals surface area contributed by atoms with E-state index < -0.39 is 0 Å². The molecule has 0 amide bonds. The van der Waals surface area contributed by atoms with E-state index >= 15 is 0 Å². The van der Waals surface area contributed by atoms with E-state index in [4.69, 9.17) is 5.73 Å². The minimum absolute atomic E-state index is 0. The van der Waals surface area contributed by atoms with Crippen LogP contribution in [0.1, 0.15) is 5.56 Å². The maximum atomic E-state index is 10.0. The summed E-state index contributed by atoms with van der Waals surface area (Å²) in [5.74, 6) is 0.233. The minimum atomic E-state index is 0. The smallest absolute Gasteiger partial charge is 0.128 e. The second kappa shape index (κ2) is 5.78. The summed E-state index contributed by atoms with van der Waals surface area (Å²) in [6, 6.07) is 13.4. The Labute approximate surface area is 127 Å². The number of nitrogens with zero attached hydrogens (tertiary/aromatic N) is 1. The van der Waals surface area contributed by atoms with E-state index in [1.807, 2.05) is 36.4 Å². The van der Waals surface area contributed by atoms with Gasteiger partial charge < -0.3 is 10.8 Å². The fourth-order valence-electron chi connectivity index (χ4n) is 1.87. The Balaban J connectivity index is 0.00000133. The van der Waals surface area contributed by atoms with Gasteiger partial charge in [0, 0.05) is 26.0 Å². The van der Waals surface area contributed by atoms with Crippen LogP contribution in [-0.2, 0) is 26.0 Å². The molecule has 3 rings (SSSR count). The molecular weight excluding hydrogens is 310 g/mol. The molecule has 3 N–H and O–H groups in total. The Morgan fingerprint density at radius 2 is 1.95 bits per heavy atom. The van der Waals surface area contributed by atoms with Crippen molar-refractivity contribution in [2.45, 2.75) is 6.54 Å². The van der Waals surface area contributed by atoms with Crippen LogP contribution < -0.4 is 5.73 Å². The number of fused-ring (bicyclic) bond motifs is 1. The van der Waals surface area contributed by atoms with Gasteiger partial charge in [-0.25, -0.2) is 4.98 Å². The van der Waals surface area contributed by atoms with Gasteiger partial charge in [0.25, 0.3) is 0 Å². The summed E-state index contributed by atoms with van der Waals surface area (Å²) >= 11 is 1.58. The maximum absolute atomic E-state index is 10.0. The van der Waals surface area contributed by atoms with Gasteiger partial charge in [-0.3, -0.25) is 0 Å². The Hall–Kier alpha value is -1.29. The first-order valence-electron chi connectivity index (χ1n) is 5.66. The van der Waals surface area contributed by atoms with Gasteiger partial charge in [0.05, 0.1) is 15.8 Å². The van der Waals surface area contributed by atoms with E-state index in [1.165, 1.54) is 0 Å². The summed E-state index contributed by atoms with van der Waals surface area (Å²) in [6.07, 6.45) is 0. The summed E-state index contributed by atoms with van der Waals surface area (Å²) in [6.45, 7) is 0.424. The average molecular weight is 322 g/mol. The Kier molecular flexibility index (Phi) is 4.30. The molecule has 2 aromatic carbocycles. The van der Waals surface area contributed by atoms with Crippen LogP contribution in [0.25, 0.3) is 20.8 Å². The zero-order chi connectivity index (χ0) is 12.5. The molecule has 0 unspecified atom stereocenters. The molecule has 5 heteroatoms. The number of thiazole rings is 1. The van der Waals surface area contributed by atoms with Gasteiger partial charge in [0.15, 0.2) is 0 Å². The van der Waals surface area contributed by atoms with E-state index in [2.05, 4.69) is 4.98 Å². The van der Waals surface area contributed by atoms with Crippen LogP contribution in [0.4, 0.5) is 0 Å². The second-order valence-electron chi connectivity index (χ2n) is 4.04. The minimum Gasteiger partial charge on any atom is -0.507 e. The van der Waals surface area contributed by atoms with Crippen molar-refractivity contribution >= 4 is 21.6 Å². The number of phenols is 1. The molecule has 3 aromatic rings. The zero-order valence-corrected chi connectivity index (χ0v) is 14.1. The Bertz CT molecular complexity index is 678. The number of hydrogen-bond acceptors (Lipinski definition) is 4. The van der Waals surface area contributed by atoms with Crippen molar-refractivity contribution in [3.8, 4) is 16.3 Å². The number of aromatic hydroxyl groups is 1. The van der Waals surface area contributed by atoms with E-state index in [0.29, 0.717) is 6.54 Å². The first kappa shape index (κ1) is 14.1.